The first-order chi connectivity index (χ1) is 13.1. The van der Waals surface area contributed by atoms with Crippen molar-refractivity contribution in [1.29, 1.82) is 0 Å². The molecule has 138 valence electrons. The maximum atomic E-state index is 12.5. The molecule has 3 rings (SSSR count). The molecular weight excluding hydrogens is 334 g/mol. The molecule has 4 nitrogen and oxygen atoms in total. The lowest BCUT2D eigenvalue weighted by Gasteiger charge is -2.21. The highest BCUT2D eigenvalue weighted by atomic mass is 16.1. The van der Waals surface area contributed by atoms with Gasteiger partial charge in [0.2, 0.25) is 0 Å². The summed E-state index contributed by atoms with van der Waals surface area (Å²) >= 11 is 0. The van der Waals surface area contributed by atoms with Gasteiger partial charge < -0.3 is 10.2 Å². The Labute approximate surface area is 160 Å². The number of fused-ring (bicyclic) bond motifs is 1. The molecule has 0 fully saturated rings. The second-order valence-electron chi connectivity index (χ2n) is 6.85. The number of benzene rings is 2. The van der Waals surface area contributed by atoms with Gasteiger partial charge >= 0.3 is 0 Å². The fourth-order valence-corrected chi connectivity index (χ4v) is 3.05. The Balaban J connectivity index is 1.50. The predicted octanol–water partition coefficient (Wildman–Crippen LogP) is 4.00. The number of nitrogens with zero attached hydrogens (tertiary/aromatic N) is 2. The number of hydrogen-bond donors (Lipinski definition) is 1. The van der Waals surface area contributed by atoms with E-state index in [-0.39, 0.29) is 11.9 Å². The number of amides is 1. The summed E-state index contributed by atoms with van der Waals surface area (Å²) < 4.78 is 0. The molecule has 0 saturated heterocycles. The van der Waals surface area contributed by atoms with Gasteiger partial charge in [0.05, 0.1) is 0 Å². The Morgan fingerprint density at radius 2 is 1.96 bits per heavy atom. The van der Waals surface area contributed by atoms with Crippen molar-refractivity contribution in [2.75, 3.05) is 20.1 Å². The van der Waals surface area contributed by atoms with Gasteiger partial charge in [-0.3, -0.25) is 9.78 Å². The average Bonchev–Trinajstić information content (AvgIpc) is 2.68. The molecule has 0 saturated carbocycles. The zero-order valence-corrected chi connectivity index (χ0v) is 15.8. The highest BCUT2D eigenvalue weighted by molar-refractivity contribution is 5.98. The molecule has 0 aliphatic rings. The molecule has 1 atom stereocenters. The summed E-state index contributed by atoms with van der Waals surface area (Å²) in [4.78, 5) is 18.8. The van der Waals surface area contributed by atoms with E-state index in [4.69, 9.17) is 0 Å². The van der Waals surface area contributed by atoms with Gasteiger partial charge in [-0.05, 0) is 43.1 Å². The molecule has 1 heterocycles. The van der Waals surface area contributed by atoms with Crippen LogP contribution in [0.25, 0.3) is 16.8 Å². The van der Waals surface area contributed by atoms with Gasteiger partial charge in [0, 0.05) is 42.5 Å². The fraction of sp³-hybridized carbons (Fsp3) is 0.217. The van der Waals surface area contributed by atoms with Crippen LogP contribution < -0.4 is 5.32 Å². The third-order valence-corrected chi connectivity index (χ3v) is 4.39. The van der Waals surface area contributed by atoms with E-state index in [9.17, 15) is 4.79 Å². The minimum Gasteiger partial charge on any atom is -0.348 e. The van der Waals surface area contributed by atoms with E-state index >= 15 is 0 Å². The molecule has 0 aliphatic heterocycles. The van der Waals surface area contributed by atoms with Crippen LogP contribution in [0.5, 0.6) is 0 Å². The van der Waals surface area contributed by atoms with Crippen LogP contribution in [0.15, 0.2) is 73.1 Å². The maximum Gasteiger partial charge on any atom is 0.251 e. The third kappa shape index (κ3) is 5.50. The normalized spacial score (nSPS) is 12.6. The second-order valence-corrected chi connectivity index (χ2v) is 6.85. The molecule has 1 aromatic heterocycles. The van der Waals surface area contributed by atoms with Crippen molar-refractivity contribution in [1.82, 2.24) is 15.2 Å². The maximum absolute atomic E-state index is 12.5. The number of rotatable bonds is 7. The second kappa shape index (κ2) is 9.10. The highest BCUT2D eigenvalue weighted by Crippen LogP contribution is 2.14. The van der Waals surface area contributed by atoms with Crippen molar-refractivity contribution in [3.8, 4) is 0 Å². The first-order valence-corrected chi connectivity index (χ1v) is 9.16. The lowest BCUT2D eigenvalue weighted by atomic mass is 10.1. The number of aromatic nitrogens is 1. The summed E-state index contributed by atoms with van der Waals surface area (Å²) in [5.41, 5.74) is 1.85. The molecule has 1 amide bonds. The first-order valence-electron chi connectivity index (χ1n) is 9.16. The lowest BCUT2D eigenvalue weighted by Crippen LogP contribution is -2.40. The lowest BCUT2D eigenvalue weighted by molar-refractivity contribution is 0.0933. The van der Waals surface area contributed by atoms with Crippen LogP contribution in [0.3, 0.4) is 0 Å². The Morgan fingerprint density at radius 1 is 1.15 bits per heavy atom. The topological polar surface area (TPSA) is 45.2 Å². The van der Waals surface area contributed by atoms with E-state index in [1.807, 2.05) is 49.4 Å². The molecule has 1 unspecified atom stereocenters. The zero-order valence-electron chi connectivity index (χ0n) is 15.8. The van der Waals surface area contributed by atoms with Gasteiger partial charge in [-0.2, -0.15) is 0 Å². The van der Waals surface area contributed by atoms with E-state index in [0.717, 1.165) is 23.9 Å². The Bertz CT molecular complexity index is 921. The van der Waals surface area contributed by atoms with E-state index in [1.54, 1.807) is 12.4 Å². The van der Waals surface area contributed by atoms with Gasteiger partial charge in [0.1, 0.15) is 0 Å². The van der Waals surface area contributed by atoms with E-state index in [0.29, 0.717) is 5.56 Å². The van der Waals surface area contributed by atoms with Crippen LogP contribution in [-0.2, 0) is 0 Å². The van der Waals surface area contributed by atoms with Gasteiger partial charge in [-0.25, -0.2) is 0 Å². The Kier molecular flexibility index (Phi) is 6.34. The molecule has 3 aromatic rings. The van der Waals surface area contributed by atoms with Crippen molar-refractivity contribution < 1.29 is 4.79 Å². The molecule has 0 radical (unpaired) electrons. The number of likely N-dealkylation sites (N-methyl/N-ethyl adjacent to an activating group) is 1. The van der Waals surface area contributed by atoms with Crippen molar-refractivity contribution in [2.24, 2.45) is 0 Å². The van der Waals surface area contributed by atoms with Gasteiger partial charge in [-0.15, -0.1) is 0 Å². The van der Waals surface area contributed by atoms with Crippen molar-refractivity contribution in [3.05, 3.63) is 84.2 Å². The summed E-state index contributed by atoms with van der Waals surface area (Å²) in [6, 6.07) is 17.9. The molecule has 4 heteroatoms. The van der Waals surface area contributed by atoms with Crippen LogP contribution in [0.4, 0.5) is 0 Å². The summed E-state index contributed by atoms with van der Waals surface area (Å²) in [6.45, 7) is 3.63. The number of carbonyl (C=O) groups excluding carboxylic acids is 1. The minimum absolute atomic E-state index is 0.0530. The third-order valence-electron chi connectivity index (χ3n) is 4.39. The molecule has 0 spiro atoms. The number of pyridine rings is 1. The van der Waals surface area contributed by atoms with Crippen LogP contribution >= 0.6 is 0 Å². The van der Waals surface area contributed by atoms with Crippen LogP contribution in [0, 0.1) is 0 Å². The largest absolute Gasteiger partial charge is 0.348 e. The molecule has 1 N–H and O–H groups in total. The first kappa shape index (κ1) is 18.8. The van der Waals surface area contributed by atoms with E-state index in [2.05, 4.69) is 46.5 Å². The summed E-state index contributed by atoms with van der Waals surface area (Å²) in [7, 11) is 2.06. The monoisotopic (exact) mass is 359 g/mol. The van der Waals surface area contributed by atoms with Gasteiger partial charge in [0.25, 0.3) is 5.91 Å². The molecular formula is C23H25N3O. The van der Waals surface area contributed by atoms with Crippen LogP contribution in [0.1, 0.15) is 22.8 Å². The van der Waals surface area contributed by atoms with Crippen molar-refractivity contribution >= 4 is 22.8 Å². The molecule has 2 aromatic carbocycles. The standard InChI is InChI=1S/C23H25N3O/c1-18(17-26(2)14-6-9-19-7-4-3-5-8-19)25-23(27)21-11-10-20-12-13-24-16-22(20)15-21/h3-13,15-16,18H,14,17H2,1-2H3,(H,25,27)/b9-6+. The number of nitrogens with one attached hydrogen (secondary N) is 1. The summed E-state index contributed by atoms with van der Waals surface area (Å²) in [5, 5.41) is 5.13. The predicted molar refractivity (Wildman–Crippen MR) is 112 cm³/mol. The number of carbonyl (C=O) groups is 1. The summed E-state index contributed by atoms with van der Waals surface area (Å²) in [6.07, 6.45) is 7.79. The quantitative estimate of drug-likeness (QED) is 0.693. The van der Waals surface area contributed by atoms with Gasteiger partial charge in [-0.1, -0.05) is 48.6 Å². The van der Waals surface area contributed by atoms with Crippen molar-refractivity contribution in [3.63, 3.8) is 0 Å². The Morgan fingerprint density at radius 3 is 2.78 bits per heavy atom. The minimum atomic E-state index is -0.0542. The number of hydrogen-bond acceptors (Lipinski definition) is 3. The summed E-state index contributed by atoms with van der Waals surface area (Å²) in [5.74, 6) is -0.0542. The smallest absolute Gasteiger partial charge is 0.251 e. The SMILES string of the molecule is CC(CN(C)C/C=C/c1ccccc1)NC(=O)c1ccc2ccncc2c1. The van der Waals surface area contributed by atoms with Crippen LogP contribution in [0.2, 0.25) is 0 Å². The fourth-order valence-electron chi connectivity index (χ4n) is 3.05. The highest BCUT2D eigenvalue weighted by Gasteiger charge is 2.11. The molecule has 0 aliphatic carbocycles. The van der Waals surface area contributed by atoms with E-state index < -0.39 is 0 Å². The van der Waals surface area contributed by atoms with Crippen LogP contribution in [-0.4, -0.2) is 42.0 Å². The van der Waals surface area contributed by atoms with Gasteiger partial charge in [0.15, 0.2) is 0 Å². The van der Waals surface area contributed by atoms with Crippen molar-refractivity contribution in [2.45, 2.75) is 13.0 Å². The molecule has 0 bridgehead atoms. The average molecular weight is 359 g/mol. The Hall–Kier alpha value is -2.98. The molecule has 27 heavy (non-hydrogen) atoms. The zero-order chi connectivity index (χ0) is 19.1. The van der Waals surface area contributed by atoms with E-state index in [1.165, 1.54) is 5.56 Å².